The highest BCUT2D eigenvalue weighted by atomic mass is 35.5. The summed E-state index contributed by atoms with van der Waals surface area (Å²) in [5.41, 5.74) is 7.85. The molecule has 2 rings (SSSR count). The third kappa shape index (κ3) is 3.73. The Morgan fingerprint density at radius 3 is 2.83 bits per heavy atom. The molecule has 0 aliphatic heterocycles. The predicted octanol–water partition coefficient (Wildman–Crippen LogP) is 3.66. The predicted molar refractivity (Wildman–Crippen MR) is 80.2 cm³/mol. The molecule has 0 aliphatic carbocycles. The molecule has 0 atom stereocenters. The maximum Gasteiger partial charge on any atom is 0.0426 e. The van der Waals surface area contributed by atoms with E-state index in [9.17, 15) is 0 Å². The monoisotopic (exact) mass is 280 g/mol. The molecule has 0 radical (unpaired) electrons. The minimum Gasteiger partial charge on any atom is -0.398 e. The fourth-order valence-corrected chi connectivity index (χ4v) is 2.71. The Morgan fingerprint density at radius 2 is 2.17 bits per heavy atom. The van der Waals surface area contributed by atoms with Gasteiger partial charge in [-0.15, -0.1) is 11.3 Å². The van der Waals surface area contributed by atoms with Gasteiger partial charge in [0.1, 0.15) is 0 Å². The van der Waals surface area contributed by atoms with E-state index in [4.69, 9.17) is 17.3 Å². The molecule has 0 amide bonds. The molecule has 4 heteroatoms. The molecule has 2 nitrogen and oxygen atoms in total. The van der Waals surface area contributed by atoms with Crippen LogP contribution >= 0.6 is 22.9 Å². The number of hydrogen-bond acceptors (Lipinski definition) is 3. The maximum atomic E-state index is 5.95. The molecular formula is C14H17ClN2S. The number of rotatable bonds is 5. The smallest absolute Gasteiger partial charge is 0.0426 e. The zero-order valence-electron chi connectivity index (χ0n) is 10.4. The van der Waals surface area contributed by atoms with Gasteiger partial charge in [-0.25, -0.2) is 0 Å². The van der Waals surface area contributed by atoms with Gasteiger partial charge in [0.05, 0.1) is 0 Å². The van der Waals surface area contributed by atoms with E-state index >= 15 is 0 Å². The first-order valence-electron chi connectivity index (χ1n) is 5.90. The fourth-order valence-electron chi connectivity index (χ4n) is 1.84. The number of thiophene rings is 1. The number of nitrogen functional groups attached to an aromatic ring is 1. The minimum absolute atomic E-state index is 0.692. The molecule has 96 valence electrons. The van der Waals surface area contributed by atoms with Gasteiger partial charge in [0, 0.05) is 28.7 Å². The average molecular weight is 281 g/mol. The van der Waals surface area contributed by atoms with Crippen LogP contribution in [-0.2, 0) is 13.0 Å². The van der Waals surface area contributed by atoms with Crippen LogP contribution in [0.3, 0.4) is 0 Å². The third-order valence-corrected chi connectivity index (χ3v) is 4.04. The highest BCUT2D eigenvalue weighted by Gasteiger charge is 2.05. The summed E-state index contributed by atoms with van der Waals surface area (Å²) in [6.45, 7) is 1.89. The molecule has 0 fully saturated rings. The highest BCUT2D eigenvalue weighted by Crippen LogP contribution is 2.19. The molecule has 0 unspecified atom stereocenters. The van der Waals surface area contributed by atoms with E-state index in [1.165, 1.54) is 4.88 Å². The topological polar surface area (TPSA) is 29.3 Å². The van der Waals surface area contributed by atoms with E-state index in [2.05, 4.69) is 29.5 Å². The van der Waals surface area contributed by atoms with Crippen LogP contribution in [-0.4, -0.2) is 18.5 Å². The lowest BCUT2D eigenvalue weighted by molar-refractivity contribution is 0.332. The molecule has 1 aromatic heterocycles. The first-order valence-corrected chi connectivity index (χ1v) is 7.16. The SMILES string of the molecule is CN(CCc1cccs1)Cc1ccc(Cl)cc1N. The van der Waals surface area contributed by atoms with Crippen molar-refractivity contribution in [2.24, 2.45) is 0 Å². The lowest BCUT2D eigenvalue weighted by Gasteiger charge is -2.17. The molecule has 18 heavy (non-hydrogen) atoms. The summed E-state index contributed by atoms with van der Waals surface area (Å²) in [6.07, 6.45) is 1.08. The van der Waals surface area contributed by atoms with Gasteiger partial charge < -0.3 is 10.6 Å². The largest absolute Gasteiger partial charge is 0.398 e. The summed E-state index contributed by atoms with van der Waals surface area (Å²) < 4.78 is 0. The number of likely N-dealkylation sites (N-methyl/N-ethyl adjacent to an activating group) is 1. The van der Waals surface area contributed by atoms with Crippen molar-refractivity contribution in [3.05, 3.63) is 51.2 Å². The van der Waals surface area contributed by atoms with E-state index in [1.807, 2.05) is 29.5 Å². The van der Waals surface area contributed by atoms with E-state index < -0.39 is 0 Å². The molecule has 2 aromatic rings. The van der Waals surface area contributed by atoms with Crippen molar-refractivity contribution < 1.29 is 0 Å². The van der Waals surface area contributed by atoms with E-state index in [0.29, 0.717) is 5.02 Å². The second-order valence-electron chi connectivity index (χ2n) is 4.41. The first-order chi connectivity index (χ1) is 8.65. The van der Waals surface area contributed by atoms with Gasteiger partial charge in [0.2, 0.25) is 0 Å². The standard InChI is InChI=1S/C14H17ClN2S/c1-17(7-6-13-3-2-8-18-13)10-11-4-5-12(15)9-14(11)16/h2-5,8-9H,6-7,10,16H2,1H3. The molecular weight excluding hydrogens is 264 g/mol. The van der Waals surface area contributed by atoms with Gasteiger partial charge in [-0.05, 0) is 42.6 Å². The van der Waals surface area contributed by atoms with Crippen LogP contribution < -0.4 is 5.73 Å². The molecule has 1 aromatic carbocycles. The van der Waals surface area contributed by atoms with Crippen LogP contribution in [0.1, 0.15) is 10.4 Å². The van der Waals surface area contributed by atoms with E-state index in [-0.39, 0.29) is 0 Å². The molecule has 0 saturated carbocycles. The van der Waals surface area contributed by atoms with Gasteiger partial charge in [-0.2, -0.15) is 0 Å². The van der Waals surface area contributed by atoms with Gasteiger partial charge >= 0.3 is 0 Å². The molecule has 0 aliphatic rings. The second kappa shape index (κ2) is 6.23. The Morgan fingerprint density at radius 1 is 1.33 bits per heavy atom. The summed E-state index contributed by atoms with van der Waals surface area (Å²) in [5, 5.41) is 2.81. The number of nitrogens with two attached hydrogens (primary N) is 1. The highest BCUT2D eigenvalue weighted by molar-refractivity contribution is 7.09. The summed E-state index contributed by atoms with van der Waals surface area (Å²) in [5.74, 6) is 0. The quantitative estimate of drug-likeness (QED) is 0.847. The Bertz CT molecular complexity index is 497. The van der Waals surface area contributed by atoms with Crippen LogP contribution in [0.25, 0.3) is 0 Å². The van der Waals surface area contributed by atoms with Gasteiger partial charge in [0.15, 0.2) is 0 Å². The van der Waals surface area contributed by atoms with Crippen LogP contribution in [0.15, 0.2) is 35.7 Å². The lowest BCUT2D eigenvalue weighted by atomic mass is 10.1. The van der Waals surface area contributed by atoms with Crippen molar-refractivity contribution in [1.29, 1.82) is 0 Å². The van der Waals surface area contributed by atoms with Gasteiger partial charge in [-0.3, -0.25) is 0 Å². The van der Waals surface area contributed by atoms with E-state index in [1.54, 1.807) is 0 Å². The fraction of sp³-hybridized carbons (Fsp3) is 0.286. The Balaban J connectivity index is 1.88. The summed E-state index contributed by atoms with van der Waals surface area (Å²) in [7, 11) is 2.11. The molecule has 1 heterocycles. The molecule has 2 N–H and O–H groups in total. The van der Waals surface area contributed by atoms with E-state index in [0.717, 1.165) is 30.8 Å². The summed E-state index contributed by atoms with van der Waals surface area (Å²) >= 11 is 7.70. The number of hydrogen-bond donors (Lipinski definition) is 1. The Labute approximate surface area is 117 Å². The van der Waals surface area contributed by atoms with Crippen molar-refractivity contribution in [2.45, 2.75) is 13.0 Å². The van der Waals surface area contributed by atoms with Gasteiger partial charge in [-0.1, -0.05) is 23.7 Å². The van der Waals surface area contributed by atoms with Crippen molar-refractivity contribution in [3.8, 4) is 0 Å². The first kappa shape index (κ1) is 13.4. The number of halogens is 1. The van der Waals surface area contributed by atoms with Crippen molar-refractivity contribution in [2.75, 3.05) is 19.3 Å². The maximum absolute atomic E-state index is 5.95. The van der Waals surface area contributed by atoms with Crippen molar-refractivity contribution >= 4 is 28.6 Å². The van der Waals surface area contributed by atoms with Crippen LogP contribution in [0.5, 0.6) is 0 Å². The zero-order valence-corrected chi connectivity index (χ0v) is 12.0. The molecule has 0 spiro atoms. The van der Waals surface area contributed by atoms with Gasteiger partial charge in [0.25, 0.3) is 0 Å². The molecule has 0 bridgehead atoms. The third-order valence-electron chi connectivity index (χ3n) is 2.87. The normalized spacial score (nSPS) is 11.1. The van der Waals surface area contributed by atoms with Crippen molar-refractivity contribution in [3.63, 3.8) is 0 Å². The summed E-state index contributed by atoms with van der Waals surface area (Å²) in [6, 6.07) is 9.97. The Kier molecular flexibility index (Phi) is 4.64. The summed E-state index contributed by atoms with van der Waals surface area (Å²) in [4.78, 5) is 3.70. The van der Waals surface area contributed by atoms with Crippen LogP contribution in [0.2, 0.25) is 5.02 Å². The number of anilines is 1. The second-order valence-corrected chi connectivity index (χ2v) is 5.88. The van der Waals surface area contributed by atoms with Crippen LogP contribution in [0, 0.1) is 0 Å². The van der Waals surface area contributed by atoms with Crippen LogP contribution in [0.4, 0.5) is 5.69 Å². The molecule has 0 saturated heterocycles. The number of nitrogens with zero attached hydrogens (tertiary/aromatic N) is 1. The lowest BCUT2D eigenvalue weighted by Crippen LogP contribution is -2.21. The minimum atomic E-state index is 0.692. The van der Waals surface area contributed by atoms with Crippen molar-refractivity contribution in [1.82, 2.24) is 4.90 Å². The Hall–Kier alpha value is -1.03. The average Bonchev–Trinajstić information content (AvgIpc) is 2.83. The zero-order chi connectivity index (χ0) is 13.0. The number of benzene rings is 1.